The Morgan fingerprint density at radius 3 is 2.47 bits per heavy atom. The number of rotatable bonds is 4. The summed E-state index contributed by atoms with van der Waals surface area (Å²) in [5.41, 5.74) is 1.46. The van der Waals surface area contributed by atoms with Crippen molar-refractivity contribution in [3.05, 3.63) is 69.7 Å². The van der Waals surface area contributed by atoms with Crippen molar-refractivity contribution < 1.29 is 9.53 Å². The van der Waals surface area contributed by atoms with Crippen LogP contribution in [0.1, 0.15) is 15.9 Å². The third kappa shape index (κ3) is 3.98. The number of ether oxygens (including phenoxy) is 1. The smallest absolute Gasteiger partial charge is 0.339 e. The third-order valence-electron chi connectivity index (χ3n) is 2.62. The van der Waals surface area contributed by atoms with Gasteiger partial charge in [0, 0.05) is 11.4 Å². The number of esters is 1. The van der Waals surface area contributed by atoms with E-state index >= 15 is 0 Å². The maximum Gasteiger partial charge on any atom is 0.339 e. The first-order valence-corrected chi connectivity index (χ1v) is 6.58. The molecular formula is C15H12Cl2O2. The Bertz CT molecular complexity index is 568. The van der Waals surface area contributed by atoms with Crippen molar-refractivity contribution in [3.8, 4) is 0 Å². The van der Waals surface area contributed by atoms with E-state index in [1.54, 1.807) is 12.1 Å². The van der Waals surface area contributed by atoms with Gasteiger partial charge >= 0.3 is 5.97 Å². The molecule has 2 aromatic carbocycles. The lowest BCUT2D eigenvalue weighted by Gasteiger charge is -2.06. The fourth-order valence-corrected chi connectivity index (χ4v) is 2.12. The van der Waals surface area contributed by atoms with E-state index in [4.69, 9.17) is 27.9 Å². The van der Waals surface area contributed by atoms with Gasteiger partial charge in [0.1, 0.15) is 0 Å². The van der Waals surface area contributed by atoms with Crippen LogP contribution < -0.4 is 0 Å². The lowest BCUT2D eigenvalue weighted by Crippen LogP contribution is -2.08. The van der Waals surface area contributed by atoms with Gasteiger partial charge in [0.05, 0.1) is 17.2 Å². The molecular weight excluding hydrogens is 283 g/mol. The van der Waals surface area contributed by atoms with E-state index in [2.05, 4.69) is 0 Å². The Morgan fingerprint density at radius 1 is 1.05 bits per heavy atom. The van der Waals surface area contributed by atoms with E-state index in [-0.39, 0.29) is 0 Å². The fourth-order valence-electron chi connectivity index (χ4n) is 1.64. The molecule has 0 atom stereocenters. The molecule has 0 unspecified atom stereocenters. The Balaban J connectivity index is 1.91. The summed E-state index contributed by atoms with van der Waals surface area (Å²) in [5, 5.41) is 0.794. The molecule has 0 spiro atoms. The van der Waals surface area contributed by atoms with Gasteiger partial charge in [-0.25, -0.2) is 4.79 Å². The van der Waals surface area contributed by atoms with Crippen LogP contribution in [-0.2, 0) is 11.2 Å². The van der Waals surface area contributed by atoms with Gasteiger partial charge in [-0.1, -0.05) is 53.5 Å². The number of carbonyl (C=O) groups is 1. The summed E-state index contributed by atoms with van der Waals surface area (Å²) >= 11 is 11.7. The van der Waals surface area contributed by atoms with Crippen LogP contribution in [0, 0.1) is 0 Å². The van der Waals surface area contributed by atoms with Gasteiger partial charge in [-0.2, -0.15) is 0 Å². The first kappa shape index (κ1) is 13.9. The van der Waals surface area contributed by atoms with Crippen LogP contribution in [0.3, 0.4) is 0 Å². The van der Waals surface area contributed by atoms with Crippen molar-refractivity contribution in [2.24, 2.45) is 0 Å². The molecule has 0 aliphatic rings. The summed E-state index contributed by atoms with van der Waals surface area (Å²) in [6.07, 6.45) is 0.678. The average molecular weight is 295 g/mol. The second kappa shape index (κ2) is 6.60. The van der Waals surface area contributed by atoms with Gasteiger partial charge in [-0.05, 0) is 23.8 Å². The molecule has 2 rings (SSSR count). The van der Waals surface area contributed by atoms with Gasteiger partial charge in [-0.3, -0.25) is 0 Å². The minimum atomic E-state index is -0.433. The van der Waals surface area contributed by atoms with E-state index in [0.29, 0.717) is 28.6 Å². The molecule has 19 heavy (non-hydrogen) atoms. The van der Waals surface area contributed by atoms with Gasteiger partial charge in [0.15, 0.2) is 0 Å². The van der Waals surface area contributed by atoms with E-state index in [0.717, 1.165) is 5.56 Å². The molecule has 2 nitrogen and oxygen atoms in total. The highest BCUT2D eigenvalue weighted by atomic mass is 35.5. The van der Waals surface area contributed by atoms with Gasteiger partial charge < -0.3 is 4.74 Å². The third-order valence-corrected chi connectivity index (χ3v) is 3.17. The summed E-state index contributed by atoms with van der Waals surface area (Å²) in [6.45, 7) is 0.321. The second-order valence-electron chi connectivity index (χ2n) is 4.00. The number of carbonyl (C=O) groups excluding carboxylic acids is 1. The van der Waals surface area contributed by atoms with Crippen LogP contribution in [0.5, 0.6) is 0 Å². The topological polar surface area (TPSA) is 26.3 Å². The van der Waals surface area contributed by atoms with Crippen LogP contribution >= 0.6 is 23.2 Å². The Morgan fingerprint density at radius 2 is 1.79 bits per heavy atom. The summed E-state index contributed by atoms with van der Waals surface area (Å²) in [5.74, 6) is -0.433. The van der Waals surface area contributed by atoms with Crippen LogP contribution in [-0.4, -0.2) is 12.6 Å². The monoisotopic (exact) mass is 294 g/mol. The Kier molecular flexibility index (Phi) is 4.83. The molecule has 0 aromatic heterocycles. The second-order valence-corrected chi connectivity index (χ2v) is 4.84. The molecule has 0 radical (unpaired) electrons. The zero-order valence-electron chi connectivity index (χ0n) is 10.1. The molecule has 0 aliphatic heterocycles. The number of halogens is 2. The maximum absolute atomic E-state index is 11.8. The predicted molar refractivity (Wildman–Crippen MR) is 76.9 cm³/mol. The number of hydrogen-bond acceptors (Lipinski definition) is 2. The molecule has 2 aromatic rings. The van der Waals surface area contributed by atoms with Crippen molar-refractivity contribution >= 4 is 29.2 Å². The quantitative estimate of drug-likeness (QED) is 0.782. The zero-order chi connectivity index (χ0) is 13.7. The van der Waals surface area contributed by atoms with E-state index < -0.39 is 5.97 Å². The fraction of sp³-hybridized carbons (Fsp3) is 0.133. The summed E-state index contributed by atoms with van der Waals surface area (Å²) in [6, 6.07) is 14.5. The Hall–Kier alpha value is -1.51. The maximum atomic E-state index is 11.8. The standard InChI is InChI=1S/C15H12Cl2O2/c16-12-6-7-13(14(17)10-12)15(18)19-9-8-11-4-2-1-3-5-11/h1-7,10H,8-9H2. The molecule has 0 saturated heterocycles. The summed E-state index contributed by atoms with van der Waals surface area (Å²) < 4.78 is 5.19. The largest absolute Gasteiger partial charge is 0.462 e. The van der Waals surface area contributed by atoms with Crippen LogP contribution in [0.4, 0.5) is 0 Å². The highest BCUT2D eigenvalue weighted by Crippen LogP contribution is 2.21. The predicted octanol–water partition coefficient (Wildman–Crippen LogP) is 4.39. The molecule has 0 N–H and O–H groups in total. The van der Waals surface area contributed by atoms with Crippen molar-refractivity contribution in [2.75, 3.05) is 6.61 Å². The van der Waals surface area contributed by atoms with Crippen molar-refractivity contribution in [2.45, 2.75) is 6.42 Å². The van der Waals surface area contributed by atoms with Gasteiger partial charge in [0.25, 0.3) is 0 Å². The van der Waals surface area contributed by atoms with Gasteiger partial charge in [0.2, 0.25) is 0 Å². The molecule has 4 heteroatoms. The van der Waals surface area contributed by atoms with Crippen LogP contribution in [0.15, 0.2) is 48.5 Å². The Labute approximate surface area is 121 Å². The molecule has 0 bridgehead atoms. The van der Waals surface area contributed by atoms with Crippen molar-refractivity contribution in [1.82, 2.24) is 0 Å². The SMILES string of the molecule is O=C(OCCc1ccccc1)c1ccc(Cl)cc1Cl. The molecule has 98 valence electrons. The molecule has 0 heterocycles. The minimum Gasteiger partial charge on any atom is -0.462 e. The summed E-state index contributed by atoms with van der Waals surface area (Å²) in [4.78, 5) is 11.8. The van der Waals surface area contributed by atoms with E-state index in [9.17, 15) is 4.79 Å². The van der Waals surface area contributed by atoms with Crippen LogP contribution in [0.25, 0.3) is 0 Å². The lowest BCUT2D eigenvalue weighted by molar-refractivity contribution is 0.0509. The zero-order valence-corrected chi connectivity index (χ0v) is 11.6. The van der Waals surface area contributed by atoms with Crippen molar-refractivity contribution in [3.63, 3.8) is 0 Å². The highest BCUT2D eigenvalue weighted by molar-refractivity contribution is 6.36. The number of hydrogen-bond donors (Lipinski definition) is 0. The average Bonchev–Trinajstić information content (AvgIpc) is 2.39. The molecule has 0 amide bonds. The molecule has 0 fully saturated rings. The normalized spacial score (nSPS) is 10.2. The highest BCUT2D eigenvalue weighted by Gasteiger charge is 2.11. The first-order chi connectivity index (χ1) is 9.16. The lowest BCUT2D eigenvalue weighted by atomic mass is 10.2. The first-order valence-electron chi connectivity index (χ1n) is 5.83. The van der Waals surface area contributed by atoms with Gasteiger partial charge in [-0.15, -0.1) is 0 Å². The van der Waals surface area contributed by atoms with Crippen molar-refractivity contribution in [1.29, 1.82) is 0 Å². The van der Waals surface area contributed by atoms with Crippen LogP contribution in [0.2, 0.25) is 10.0 Å². The molecule has 0 aliphatic carbocycles. The van der Waals surface area contributed by atoms with E-state index in [1.165, 1.54) is 6.07 Å². The van der Waals surface area contributed by atoms with E-state index in [1.807, 2.05) is 30.3 Å². The molecule has 0 saturated carbocycles. The summed E-state index contributed by atoms with van der Waals surface area (Å²) in [7, 11) is 0. The number of benzene rings is 2. The minimum absolute atomic E-state index is 0.303.